The number of hydrogen-bond donors (Lipinski definition) is 0. The number of furan rings is 1. The van der Waals surface area contributed by atoms with E-state index in [-0.39, 0.29) is 29.4 Å². The number of nitrogens with zero attached hydrogens (tertiary/aromatic N) is 4. The number of benzene rings is 3. The van der Waals surface area contributed by atoms with Gasteiger partial charge in [-0.15, -0.1) is 0 Å². The Morgan fingerprint density at radius 3 is 2.37 bits per heavy atom. The Bertz CT molecular complexity index is 2300. The van der Waals surface area contributed by atoms with Crippen molar-refractivity contribution in [2.45, 2.75) is 33.1 Å². The van der Waals surface area contributed by atoms with Crippen LogP contribution < -0.4 is 4.31 Å². The maximum absolute atomic E-state index is 13.9. The first-order valence-corrected chi connectivity index (χ1v) is 18.6. The van der Waals surface area contributed by atoms with Crippen molar-refractivity contribution < 1.29 is 26.8 Å². The van der Waals surface area contributed by atoms with Crippen molar-refractivity contribution in [2.24, 2.45) is 0 Å². The molecule has 6 rings (SSSR count). The van der Waals surface area contributed by atoms with Crippen molar-refractivity contribution in [1.29, 1.82) is 5.26 Å². The van der Waals surface area contributed by atoms with Crippen molar-refractivity contribution >= 4 is 43.9 Å². The fraction of sp³-hybridized carbons (Fsp3) is 0.250. The third kappa shape index (κ3) is 7.19. The summed E-state index contributed by atoms with van der Waals surface area (Å²) in [6.45, 7) is 3.16. The minimum Gasteiger partial charge on any atom is -0.455 e. The molecule has 0 spiro atoms. The topological polar surface area (TPSA) is 125 Å². The number of aromatic nitrogens is 1. The molecule has 3 aromatic carbocycles. The van der Waals surface area contributed by atoms with Crippen LogP contribution in [-0.2, 0) is 10.0 Å². The quantitative estimate of drug-likeness (QED) is 0.107. The smallest absolute Gasteiger partial charge is 0.253 e. The highest BCUT2D eigenvalue weighted by molar-refractivity contribution is 7.92. The number of hydrogen-bond acceptors (Lipinski definition) is 7. The maximum atomic E-state index is 13.9. The first kappa shape index (κ1) is 35.2. The SMILES string of the molecule is CCC(=O)c1c(-c2ccc(C)cc2)oc2cc(N(CCF)S(C)(=O)=O)c(-c3cccc(C(=O)N4CCC(=C(C#N)c5ccccn5)CC4)c3)cc12. The molecule has 5 aromatic rings. The van der Waals surface area contributed by atoms with Gasteiger partial charge in [0, 0.05) is 53.9 Å². The molecule has 2 aromatic heterocycles. The Kier molecular flexibility index (Phi) is 10.2. The number of carbonyl (C=O) groups is 2. The van der Waals surface area contributed by atoms with E-state index < -0.39 is 23.2 Å². The lowest BCUT2D eigenvalue weighted by atomic mass is 9.94. The van der Waals surface area contributed by atoms with Crippen LogP contribution in [0.25, 0.3) is 39.0 Å². The van der Waals surface area contributed by atoms with E-state index in [4.69, 9.17) is 4.42 Å². The molecule has 260 valence electrons. The van der Waals surface area contributed by atoms with Crippen LogP contribution in [0.3, 0.4) is 0 Å². The second-order valence-electron chi connectivity index (χ2n) is 12.5. The van der Waals surface area contributed by atoms with Crippen molar-refractivity contribution in [3.05, 3.63) is 113 Å². The first-order valence-electron chi connectivity index (χ1n) is 16.7. The molecule has 9 nitrogen and oxygen atoms in total. The Hall–Kier alpha value is -5.60. The highest BCUT2D eigenvalue weighted by atomic mass is 32.2. The number of amides is 1. The molecule has 0 N–H and O–H groups in total. The zero-order valence-corrected chi connectivity index (χ0v) is 29.5. The van der Waals surface area contributed by atoms with Crippen LogP contribution in [-0.4, -0.2) is 62.6 Å². The third-order valence-electron chi connectivity index (χ3n) is 9.14. The van der Waals surface area contributed by atoms with Crippen LogP contribution in [0.2, 0.25) is 0 Å². The lowest BCUT2D eigenvalue weighted by Crippen LogP contribution is -2.36. The predicted molar refractivity (Wildman–Crippen MR) is 197 cm³/mol. The highest BCUT2D eigenvalue weighted by Crippen LogP contribution is 2.42. The van der Waals surface area contributed by atoms with Gasteiger partial charge in [0.2, 0.25) is 10.0 Å². The Morgan fingerprint density at radius 2 is 1.75 bits per heavy atom. The second kappa shape index (κ2) is 14.7. The number of halogens is 1. The van der Waals surface area contributed by atoms with E-state index in [9.17, 15) is 27.7 Å². The van der Waals surface area contributed by atoms with Gasteiger partial charge in [-0.1, -0.05) is 55.0 Å². The van der Waals surface area contributed by atoms with E-state index in [0.29, 0.717) is 76.2 Å². The summed E-state index contributed by atoms with van der Waals surface area (Å²) in [7, 11) is -3.96. The van der Waals surface area contributed by atoms with Crippen molar-refractivity contribution in [3.63, 3.8) is 0 Å². The zero-order chi connectivity index (χ0) is 36.3. The molecule has 0 unspecified atom stereocenters. The first-order chi connectivity index (χ1) is 24.5. The lowest BCUT2D eigenvalue weighted by molar-refractivity contribution is 0.0743. The number of nitriles is 1. The van der Waals surface area contributed by atoms with Crippen molar-refractivity contribution in [1.82, 2.24) is 9.88 Å². The van der Waals surface area contributed by atoms with E-state index in [0.717, 1.165) is 21.7 Å². The maximum Gasteiger partial charge on any atom is 0.253 e. The number of pyridine rings is 1. The number of anilines is 1. The summed E-state index contributed by atoms with van der Waals surface area (Å²) >= 11 is 0. The Labute approximate surface area is 296 Å². The van der Waals surface area contributed by atoms with E-state index in [1.807, 2.05) is 37.3 Å². The summed E-state index contributed by atoms with van der Waals surface area (Å²) in [5, 5.41) is 10.3. The largest absolute Gasteiger partial charge is 0.455 e. The van der Waals surface area contributed by atoms with Crippen LogP contribution in [0.15, 0.2) is 95.0 Å². The normalized spacial score (nSPS) is 13.2. The summed E-state index contributed by atoms with van der Waals surface area (Å²) in [4.78, 5) is 33.4. The van der Waals surface area contributed by atoms with Crippen molar-refractivity contribution in [3.8, 4) is 28.5 Å². The molecule has 0 saturated carbocycles. The van der Waals surface area contributed by atoms with E-state index >= 15 is 0 Å². The zero-order valence-electron chi connectivity index (χ0n) is 28.6. The fourth-order valence-corrected chi connectivity index (χ4v) is 7.44. The number of carbonyl (C=O) groups excluding carboxylic acids is 2. The molecule has 11 heteroatoms. The predicted octanol–water partition coefficient (Wildman–Crippen LogP) is 8.01. The van der Waals surface area contributed by atoms with Crippen LogP contribution in [0.5, 0.6) is 0 Å². The number of ketones is 1. The Morgan fingerprint density at radius 1 is 1.00 bits per heavy atom. The number of rotatable bonds is 10. The van der Waals surface area contributed by atoms with Crippen molar-refractivity contribution in [2.75, 3.05) is 36.9 Å². The molecule has 0 aliphatic carbocycles. The molecule has 1 saturated heterocycles. The number of aryl methyl sites for hydroxylation is 1. The summed E-state index contributed by atoms with van der Waals surface area (Å²) < 4.78 is 47.3. The molecular formula is C40H37FN4O5S. The van der Waals surface area contributed by atoms with E-state index in [1.54, 1.807) is 60.5 Å². The number of likely N-dealkylation sites (tertiary alicyclic amines) is 1. The molecule has 1 fully saturated rings. The van der Waals surface area contributed by atoms with Crippen LogP contribution in [0.1, 0.15) is 58.2 Å². The van der Waals surface area contributed by atoms with Gasteiger partial charge in [-0.3, -0.25) is 18.9 Å². The molecule has 1 aliphatic heterocycles. The minimum absolute atomic E-state index is 0.156. The molecule has 1 amide bonds. The number of alkyl halides is 1. The van der Waals surface area contributed by atoms with Gasteiger partial charge in [-0.25, -0.2) is 12.8 Å². The van der Waals surface area contributed by atoms with Gasteiger partial charge in [0.15, 0.2) is 5.78 Å². The fourth-order valence-electron chi connectivity index (χ4n) is 6.53. The van der Waals surface area contributed by atoms with Gasteiger partial charge < -0.3 is 9.32 Å². The van der Waals surface area contributed by atoms with Crippen LogP contribution in [0.4, 0.5) is 10.1 Å². The number of piperidine rings is 1. The van der Waals surface area contributed by atoms with Gasteiger partial charge in [-0.2, -0.15) is 5.26 Å². The van der Waals surface area contributed by atoms with Crippen LogP contribution >= 0.6 is 0 Å². The van der Waals surface area contributed by atoms with Gasteiger partial charge in [0.25, 0.3) is 5.91 Å². The number of Topliss-reactive ketones (excluding diaryl/α,β-unsaturated/α-hetero) is 1. The molecule has 0 radical (unpaired) electrons. The highest BCUT2D eigenvalue weighted by Gasteiger charge is 2.28. The second-order valence-corrected chi connectivity index (χ2v) is 14.4. The average Bonchev–Trinajstić information content (AvgIpc) is 3.52. The van der Waals surface area contributed by atoms with Crippen LogP contribution in [0, 0.1) is 18.3 Å². The van der Waals surface area contributed by atoms with E-state index in [2.05, 4.69) is 11.1 Å². The lowest BCUT2D eigenvalue weighted by Gasteiger charge is -2.29. The van der Waals surface area contributed by atoms with Gasteiger partial charge >= 0.3 is 0 Å². The third-order valence-corrected chi connectivity index (χ3v) is 10.3. The molecule has 51 heavy (non-hydrogen) atoms. The number of fused-ring (bicyclic) bond motifs is 1. The minimum atomic E-state index is -3.96. The Balaban J connectivity index is 1.43. The summed E-state index contributed by atoms with van der Waals surface area (Å²) in [6.07, 6.45) is 3.91. The van der Waals surface area contributed by atoms with E-state index in [1.165, 1.54) is 6.07 Å². The average molecular weight is 705 g/mol. The monoisotopic (exact) mass is 704 g/mol. The number of allylic oxidation sites excluding steroid dienone is 1. The molecular weight excluding hydrogens is 668 g/mol. The summed E-state index contributed by atoms with van der Waals surface area (Å²) in [6, 6.07) is 25.3. The summed E-state index contributed by atoms with van der Waals surface area (Å²) in [5.41, 5.74) is 5.91. The van der Waals surface area contributed by atoms with Gasteiger partial charge in [-0.05, 0) is 61.2 Å². The molecule has 3 heterocycles. The standard InChI is InChI=1S/C40H37FN4O5S/c1-4-36(46)38-32-23-31(35(45(21-17-41)51(3,48)49)24-37(32)50-39(38)28-13-11-26(2)12-14-28)29-8-7-9-30(22-29)40(47)44-19-15-27(16-20-44)33(25-42)34-10-5-6-18-43-34/h5-14,18,22-24H,4,15-17,19-21H2,1-3H3. The summed E-state index contributed by atoms with van der Waals surface area (Å²) in [5.74, 6) is -0.0105. The van der Waals surface area contributed by atoms with Gasteiger partial charge in [0.05, 0.1) is 35.3 Å². The molecule has 0 bridgehead atoms. The van der Waals surface area contributed by atoms with Gasteiger partial charge in [0.1, 0.15) is 24.1 Å². The number of sulfonamides is 1. The molecule has 1 aliphatic rings. The molecule has 0 atom stereocenters.